The maximum atomic E-state index is 11.0. The van der Waals surface area contributed by atoms with Gasteiger partial charge in [0.05, 0.1) is 23.5 Å². The van der Waals surface area contributed by atoms with Gasteiger partial charge in [-0.2, -0.15) is 0 Å². The largest absolute Gasteiger partial charge is 1.00 e. The number of carbonyl (C=O) groups is 2. The molecular formula is C7H6KNO3S. The molecule has 1 atom stereocenters. The quantitative estimate of drug-likeness (QED) is 0.335. The summed E-state index contributed by atoms with van der Waals surface area (Å²) in [6, 6.07) is 0. The first-order valence-electron chi connectivity index (χ1n) is 3.55. The fraction of sp³-hybridized carbons (Fsp3) is 0.429. The van der Waals surface area contributed by atoms with Crippen molar-refractivity contribution in [2.45, 2.75) is 11.8 Å². The van der Waals surface area contributed by atoms with E-state index in [2.05, 4.69) is 0 Å². The van der Waals surface area contributed by atoms with Crippen molar-refractivity contribution in [1.82, 2.24) is 4.90 Å². The number of carboxylic acids is 1. The Hall–Kier alpha value is 0.666. The molecule has 2 aliphatic rings. The van der Waals surface area contributed by atoms with E-state index in [-0.39, 0.29) is 68.4 Å². The zero-order valence-electron chi connectivity index (χ0n) is 7.15. The minimum atomic E-state index is -1.26. The first-order valence-corrected chi connectivity index (χ1v) is 4.60. The van der Waals surface area contributed by atoms with Crippen molar-refractivity contribution in [3.05, 3.63) is 11.8 Å². The number of rotatable bonds is 1. The fourth-order valence-electron chi connectivity index (χ4n) is 1.33. The van der Waals surface area contributed by atoms with Gasteiger partial charge in [0.15, 0.2) is 0 Å². The van der Waals surface area contributed by atoms with E-state index in [0.717, 1.165) is 0 Å². The summed E-state index contributed by atoms with van der Waals surface area (Å²) in [6.07, 6.45) is 1.98. The van der Waals surface area contributed by atoms with Crippen LogP contribution >= 0.6 is 11.8 Å². The number of amides is 1. The molecule has 4 nitrogen and oxygen atoms in total. The van der Waals surface area contributed by atoms with Gasteiger partial charge in [-0.15, -0.1) is 11.8 Å². The number of carbonyl (C=O) groups excluding carboxylic acids is 2. The van der Waals surface area contributed by atoms with Gasteiger partial charge in [-0.05, 0) is 6.08 Å². The maximum Gasteiger partial charge on any atom is 1.00 e. The molecule has 0 spiro atoms. The topological polar surface area (TPSA) is 60.4 Å². The minimum absolute atomic E-state index is 0. The second kappa shape index (κ2) is 4.46. The number of hydrogen-bond acceptors (Lipinski definition) is 4. The zero-order valence-corrected chi connectivity index (χ0v) is 11.1. The first kappa shape index (κ1) is 11.7. The molecule has 0 aromatic heterocycles. The van der Waals surface area contributed by atoms with Crippen LogP contribution in [-0.2, 0) is 9.59 Å². The molecule has 13 heavy (non-hydrogen) atoms. The van der Waals surface area contributed by atoms with Crippen molar-refractivity contribution in [3.63, 3.8) is 0 Å². The Balaban J connectivity index is 0.000000845. The Labute approximate surface area is 122 Å². The first-order chi connectivity index (χ1) is 5.70. The van der Waals surface area contributed by atoms with Gasteiger partial charge >= 0.3 is 51.4 Å². The molecule has 2 heterocycles. The maximum absolute atomic E-state index is 11.0. The van der Waals surface area contributed by atoms with E-state index in [1.807, 2.05) is 0 Å². The molecule has 0 aromatic carbocycles. The summed E-state index contributed by atoms with van der Waals surface area (Å²) < 4.78 is 0. The van der Waals surface area contributed by atoms with Crippen molar-refractivity contribution in [3.8, 4) is 0 Å². The summed E-state index contributed by atoms with van der Waals surface area (Å²) in [5, 5.41) is 10.5. The summed E-state index contributed by atoms with van der Waals surface area (Å²) in [5.74, 6) is -0.728. The van der Waals surface area contributed by atoms with E-state index in [4.69, 9.17) is 0 Å². The third kappa shape index (κ3) is 2.03. The van der Waals surface area contributed by atoms with Crippen LogP contribution < -0.4 is 56.5 Å². The average Bonchev–Trinajstić information content (AvgIpc) is 2.01. The van der Waals surface area contributed by atoms with Crippen molar-refractivity contribution in [2.75, 3.05) is 5.75 Å². The third-order valence-corrected chi connectivity index (χ3v) is 3.06. The molecule has 0 unspecified atom stereocenters. The Bertz CT molecular complexity index is 291. The molecule has 0 aromatic rings. The van der Waals surface area contributed by atoms with Crippen LogP contribution in [0.1, 0.15) is 6.42 Å². The molecule has 2 rings (SSSR count). The number of hydrogen-bond donors (Lipinski definition) is 0. The van der Waals surface area contributed by atoms with Gasteiger partial charge in [0.1, 0.15) is 0 Å². The van der Waals surface area contributed by atoms with Crippen LogP contribution in [0.2, 0.25) is 0 Å². The van der Waals surface area contributed by atoms with Crippen molar-refractivity contribution < 1.29 is 66.1 Å². The molecule has 0 saturated carbocycles. The molecular weight excluding hydrogens is 217 g/mol. The average molecular weight is 223 g/mol. The summed E-state index contributed by atoms with van der Waals surface area (Å²) in [5.41, 5.74) is 0.0370. The summed E-state index contributed by atoms with van der Waals surface area (Å²) in [4.78, 5) is 22.8. The van der Waals surface area contributed by atoms with Crippen molar-refractivity contribution in [2.24, 2.45) is 0 Å². The van der Waals surface area contributed by atoms with Crippen LogP contribution in [0.15, 0.2) is 11.8 Å². The SMILES string of the molecule is O=C([O-])C1=CCS[C@@H]2CC(=O)N12.[K+]. The van der Waals surface area contributed by atoms with Crippen LogP contribution in [0.25, 0.3) is 0 Å². The van der Waals surface area contributed by atoms with Crippen LogP contribution in [0.4, 0.5) is 0 Å². The van der Waals surface area contributed by atoms with E-state index in [1.165, 1.54) is 11.0 Å². The predicted octanol–water partition coefficient (Wildman–Crippen LogP) is -4.07. The van der Waals surface area contributed by atoms with Gasteiger partial charge in [0, 0.05) is 5.75 Å². The number of carboxylic acid groups (broad SMARTS) is 1. The van der Waals surface area contributed by atoms with Gasteiger partial charge in [0.25, 0.3) is 0 Å². The van der Waals surface area contributed by atoms with Gasteiger partial charge in [-0.25, -0.2) is 0 Å². The van der Waals surface area contributed by atoms with E-state index in [0.29, 0.717) is 12.2 Å². The van der Waals surface area contributed by atoms with Crippen LogP contribution in [-0.4, -0.2) is 27.9 Å². The number of fused-ring (bicyclic) bond motifs is 1. The normalized spacial score (nSPS) is 25.2. The van der Waals surface area contributed by atoms with Crippen LogP contribution in [0.5, 0.6) is 0 Å². The smallest absolute Gasteiger partial charge is 0.543 e. The van der Waals surface area contributed by atoms with Crippen molar-refractivity contribution in [1.29, 1.82) is 0 Å². The number of β-lactam (4-membered cyclic amide) rings is 1. The molecule has 0 N–H and O–H groups in total. The molecule has 1 amide bonds. The Kier molecular flexibility index (Phi) is 4.03. The molecule has 0 bridgehead atoms. The molecule has 64 valence electrons. The van der Waals surface area contributed by atoms with E-state index >= 15 is 0 Å². The van der Waals surface area contributed by atoms with E-state index in [1.54, 1.807) is 11.8 Å². The monoisotopic (exact) mass is 223 g/mol. The van der Waals surface area contributed by atoms with Crippen LogP contribution in [0, 0.1) is 0 Å². The van der Waals surface area contributed by atoms with Gasteiger partial charge in [0.2, 0.25) is 5.91 Å². The Morgan fingerprint density at radius 1 is 1.69 bits per heavy atom. The second-order valence-electron chi connectivity index (χ2n) is 2.63. The molecule has 1 saturated heterocycles. The third-order valence-electron chi connectivity index (χ3n) is 1.94. The predicted molar refractivity (Wildman–Crippen MR) is 40.8 cm³/mol. The van der Waals surface area contributed by atoms with Gasteiger partial charge in [-0.3, -0.25) is 9.69 Å². The summed E-state index contributed by atoms with van der Waals surface area (Å²) in [7, 11) is 0. The molecule has 1 fully saturated rings. The summed E-state index contributed by atoms with van der Waals surface area (Å²) >= 11 is 1.58. The molecule has 0 radical (unpaired) electrons. The molecule has 2 aliphatic heterocycles. The molecule has 0 aliphatic carbocycles. The molecule has 6 heteroatoms. The number of nitrogens with zero attached hydrogens (tertiary/aromatic N) is 1. The van der Waals surface area contributed by atoms with Gasteiger partial charge in [-0.1, -0.05) is 0 Å². The van der Waals surface area contributed by atoms with E-state index in [9.17, 15) is 14.7 Å². The van der Waals surface area contributed by atoms with Crippen LogP contribution in [0.3, 0.4) is 0 Å². The fourth-order valence-corrected chi connectivity index (χ4v) is 2.45. The summed E-state index contributed by atoms with van der Waals surface area (Å²) in [6.45, 7) is 0. The Morgan fingerprint density at radius 2 is 2.38 bits per heavy atom. The van der Waals surface area contributed by atoms with Gasteiger partial charge < -0.3 is 9.90 Å². The standard InChI is InChI=1S/C7H7NO3S.K/c9-5-3-6-8(5)4(7(10)11)1-2-12-6;/h1,6H,2-3H2,(H,10,11);/q;+1/p-1/t6-;/m1./s1. The minimum Gasteiger partial charge on any atom is -0.543 e. The van der Waals surface area contributed by atoms with E-state index < -0.39 is 5.97 Å². The number of aliphatic carboxylic acids is 1. The number of thioether (sulfide) groups is 1. The Morgan fingerprint density at radius 3 is 2.85 bits per heavy atom. The zero-order chi connectivity index (χ0) is 8.72. The van der Waals surface area contributed by atoms with Crippen molar-refractivity contribution >= 4 is 23.6 Å². The second-order valence-corrected chi connectivity index (χ2v) is 3.84.